The van der Waals surface area contributed by atoms with E-state index in [-0.39, 0.29) is 17.9 Å². The lowest BCUT2D eigenvalue weighted by atomic mass is 10.0. The summed E-state index contributed by atoms with van der Waals surface area (Å²) >= 11 is 1.61. The molecule has 1 aromatic rings. The number of rotatable bonds is 2. The lowest BCUT2D eigenvalue weighted by Crippen LogP contribution is -2.51. The van der Waals surface area contributed by atoms with E-state index < -0.39 is 0 Å². The summed E-state index contributed by atoms with van der Waals surface area (Å²) in [6.07, 6.45) is -0.0365. The first kappa shape index (κ1) is 10.8. The number of morpholine rings is 1. The van der Waals surface area contributed by atoms with Crippen LogP contribution in [0.25, 0.3) is 0 Å². The molecule has 2 unspecified atom stereocenters. The van der Waals surface area contributed by atoms with Crippen molar-refractivity contribution in [2.75, 3.05) is 13.2 Å². The Morgan fingerprint density at radius 2 is 2.47 bits per heavy atom. The highest BCUT2D eigenvalue weighted by Gasteiger charge is 2.29. The molecule has 1 aromatic heterocycles. The van der Waals surface area contributed by atoms with E-state index in [4.69, 9.17) is 4.74 Å². The predicted molar refractivity (Wildman–Crippen MR) is 60.6 cm³/mol. The van der Waals surface area contributed by atoms with Gasteiger partial charge in [-0.15, -0.1) is 11.3 Å². The van der Waals surface area contributed by atoms with Crippen LogP contribution in [0.3, 0.4) is 0 Å². The van der Waals surface area contributed by atoms with Gasteiger partial charge in [-0.05, 0) is 25.3 Å². The molecule has 1 aliphatic heterocycles. The number of ketones is 1. The van der Waals surface area contributed by atoms with Gasteiger partial charge in [-0.1, -0.05) is 0 Å². The third kappa shape index (κ3) is 2.12. The number of hydrogen-bond acceptors (Lipinski definition) is 4. The van der Waals surface area contributed by atoms with Crippen molar-refractivity contribution in [3.05, 3.63) is 21.9 Å². The second kappa shape index (κ2) is 4.43. The Labute approximate surface area is 93.4 Å². The van der Waals surface area contributed by atoms with E-state index in [9.17, 15) is 4.79 Å². The minimum absolute atomic E-state index is 0.0365. The maximum Gasteiger partial charge on any atom is 0.183 e. The van der Waals surface area contributed by atoms with Crippen molar-refractivity contribution in [2.24, 2.45) is 0 Å². The minimum atomic E-state index is -0.188. The number of nitrogens with one attached hydrogen (secondary N) is 1. The molecule has 82 valence electrons. The first-order valence-electron chi connectivity index (χ1n) is 5.13. The number of ether oxygens (including phenoxy) is 1. The molecule has 0 saturated carbocycles. The Bertz CT molecular complexity index is 361. The molecular formula is C11H15NO2S. The molecule has 4 heteroatoms. The zero-order valence-electron chi connectivity index (χ0n) is 8.95. The summed E-state index contributed by atoms with van der Waals surface area (Å²) in [5, 5.41) is 5.17. The smallest absolute Gasteiger partial charge is 0.183 e. The maximum absolute atomic E-state index is 12.2. The van der Waals surface area contributed by atoms with Gasteiger partial charge < -0.3 is 10.1 Å². The van der Waals surface area contributed by atoms with E-state index in [2.05, 4.69) is 5.32 Å². The van der Waals surface area contributed by atoms with Gasteiger partial charge in [0, 0.05) is 17.0 Å². The molecule has 0 aliphatic carbocycles. The van der Waals surface area contributed by atoms with Gasteiger partial charge in [0.1, 0.15) is 0 Å². The average Bonchev–Trinajstić information content (AvgIpc) is 2.64. The predicted octanol–water partition coefficient (Wildman–Crippen LogP) is 1.62. The third-order valence-electron chi connectivity index (χ3n) is 2.72. The number of carbonyl (C=O) groups excluding carboxylic acids is 1. The molecule has 2 atom stereocenters. The van der Waals surface area contributed by atoms with Crippen LogP contribution in [0.5, 0.6) is 0 Å². The van der Waals surface area contributed by atoms with Gasteiger partial charge >= 0.3 is 0 Å². The molecule has 2 heterocycles. The van der Waals surface area contributed by atoms with E-state index in [1.54, 1.807) is 11.3 Å². The van der Waals surface area contributed by atoms with E-state index in [1.807, 2.05) is 25.3 Å². The van der Waals surface area contributed by atoms with Crippen molar-refractivity contribution in [1.82, 2.24) is 5.32 Å². The van der Waals surface area contributed by atoms with E-state index in [0.29, 0.717) is 6.61 Å². The minimum Gasteiger partial charge on any atom is -0.375 e. The third-order valence-corrected chi connectivity index (χ3v) is 3.57. The molecule has 0 spiro atoms. The van der Waals surface area contributed by atoms with Crippen LogP contribution in [-0.2, 0) is 4.74 Å². The first-order chi connectivity index (χ1) is 7.20. The summed E-state index contributed by atoms with van der Waals surface area (Å²) in [5.41, 5.74) is 0.829. The van der Waals surface area contributed by atoms with Gasteiger partial charge in [0.2, 0.25) is 0 Å². The van der Waals surface area contributed by atoms with Gasteiger partial charge in [0.25, 0.3) is 0 Å². The van der Waals surface area contributed by atoms with Crippen LogP contribution in [0.2, 0.25) is 0 Å². The lowest BCUT2D eigenvalue weighted by molar-refractivity contribution is 0.0111. The summed E-state index contributed by atoms with van der Waals surface area (Å²) in [5.74, 6) is 0.154. The fourth-order valence-electron chi connectivity index (χ4n) is 1.84. The average molecular weight is 225 g/mol. The molecular weight excluding hydrogens is 210 g/mol. The Morgan fingerprint density at radius 1 is 1.67 bits per heavy atom. The van der Waals surface area contributed by atoms with E-state index in [0.717, 1.165) is 17.0 Å². The van der Waals surface area contributed by atoms with Crippen molar-refractivity contribution in [3.63, 3.8) is 0 Å². The Balaban J connectivity index is 2.17. The van der Waals surface area contributed by atoms with Gasteiger partial charge in [0.05, 0.1) is 18.8 Å². The zero-order chi connectivity index (χ0) is 10.8. The van der Waals surface area contributed by atoms with Crippen LogP contribution in [-0.4, -0.2) is 31.1 Å². The van der Waals surface area contributed by atoms with Gasteiger partial charge in [-0.3, -0.25) is 4.79 Å². The van der Waals surface area contributed by atoms with Crippen LogP contribution in [0.4, 0.5) is 0 Å². The Hall–Kier alpha value is -0.710. The molecule has 1 N–H and O–H groups in total. The van der Waals surface area contributed by atoms with Crippen molar-refractivity contribution in [2.45, 2.75) is 26.0 Å². The number of Topliss-reactive ketones (excluding diaryl/α,β-unsaturated/α-hetero) is 1. The van der Waals surface area contributed by atoms with Gasteiger partial charge in [-0.2, -0.15) is 0 Å². The quantitative estimate of drug-likeness (QED) is 0.777. The summed E-state index contributed by atoms with van der Waals surface area (Å²) in [6.45, 7) is 5.36. The molecule has 0 radical (unpaired) electrons. The normalized spacial score (nSPS) is 26.5. The van der Waals surface area contributed by atoms with E-state index in [1.165, 1.54) is 0 Å². The lowest BCUT2D eigenvalue weighted by Gasteiger charge is -2.29. The van der Waals surface area contributed by atoms with Crippen molar-refractivity contribution in [3.8, 4) is 0 Å². The number of thiophene rings is 1. The molecule has 0 aromatic carbocycles. The van der Waals surface area contributed by atoms with Crippen LogP contribution >= 0.6 is 11.3 Å². The summed E-state index contributed by atoms with van der Waals surface area (Å²) in [6, 6.07) is 1.71. The van der Waals surface area contributed by atoms with Gasteiger partial charge in [-0.25, -0.2) is 0 Å². The topological polar surface area (TPSA) is 38.3 Å². The Morgan fingerprint density at radius 3 is 3.07 bits per heavy atom. The standard InChI is InChI=1S/C11H15NO2S/c1-7-10(12-4-5-14-7)11(13)9-3-6-15-8(9)2/h3,6-7,10,12H,4-5H2,1-2H3. The SMILES string of the molecule is Cc1sccc1C(=O)C1NCCOC1C. The molecule has 2 rings (SSSR count). The highest BCUT2D eigenvalue weighted by molar-refractivity contribution is 7.10. The zero-order valence-corrected chi connectivity index (χ0v) is 9.76. The van der Waals surface area contributed by atoms with Crippen LogP contribution in [0.15, 0.2) is 11.4 Å². The monoisotopic (exact) mass is 225 g/mol. The number of carbonyl (C=O) groups is 1. The van der Waals surface area contributed by atoms with Crippen LogP contribution < -0.4 is 5.32 Å². The molecule has 1 aliphatic rings. The summed E-state index contributed by atoms with van der Waals surface area (Å²) in [4.78, 5) is 13.2. The van der Waals surface area contributed by atoms with Crippen LogP contribution in [0.1, 0.15) is 22.2 Å². The fraction of sp³-hybridized carbons (Fsp3) is 0.545. The molecule has 1 saturated heterocycles. The molecule has 3 nitrogen and oxygen atoms in total. The molecule has 1 fully saturated rings. The second-order valence-electron chi connectivity index (χ2n) is 3.76. The highest BCUT2D eigenvalue weighted by Crippen LogP contribution is 2.19. The Kier molecular flexibility index (Phi) is 3.19. The number of hydrogen-bond donors (Lipinski definition) is 1. The second-order valence-corrected chi connectivity index (χ2v) is 4.88. The fourth-order valence-corrected chi connectivity index (χ4v) is 2.54. The van der Waals surface area contributed by atoms with Crippen molar-refractivity contribution in [1.29, 1.82) is 0 Å². The van der Waals surface area contributed by atoms with Gasteiger partial charge in [0.15, 0.2) is 5.78 Å². The highest BCUT2D eigenvalue weighted by atomic mass is 32.1. The van der Waals surface area contributed by atoms with Crippen molar-refractivity contribution >= 4 is 17.1 Å². The first-order valence-corrected chi connectivity index (χ1v) is 6.01. The maximum atomic E-state index is 12.2. The summed E-state index contributed by atoms with van der Waals surface area (Å²) < 4.78 is 5.47. The van der Waals surface area contributed by atoms with Crippen LogP contribution in [0, 0.1) is 6.92 Å². The molecule has 0 bridgehead atoms. The molecule has 0 amide bonds. The largest absolute Gasteiger partial charge is 0.375 e. The number of aryl methyl sites for hydroxylation is 1. The van der Waals surface area contributed by atoms with E-state index >= 15 is 0 Å². The van der Waals surface area contributed by atoms with Crippen molar-refractivity contribution < 1.29 is 9.53 Å². The summed E-state index contributed by atoms with van der Waals surface area (Å²) in [7, 11) is 0. The molecule has 15 heavy (non-hydrogen) atoms.